The molecular weight excluding hydrogens is 331 g/mol. The summed E-state index contributed by atoms with van der Waals surface area (Å²) in [4.78, 5) is 7.14. The van der Waals surface area contributed by atoms with E-state index in [9.17, 15) is 22.0 Å². The summed E-state index contributed by atoms with van der Waals surface area (Å²) >= 11 is 0. The highest BCUT2D eigenvalue weighted by molar-refractivity contribution is 5.99. The molecule has 1 atom stereocenters. The van der Waals surface area contributed by atoms with Crippen molar-refractivity contribution in [1.29, 1.82) is 0 Å². The zero-order chi connectivity index (χ0) is 18.1. The van der Waals surface area contributed by atoms with E-state index in [4.69, 9.17) is 4.74 Å². The summed E-state index contributed by atoms with van der Waals surface area (Å²) in [5, 5.41) is 0. The van der Waals surface area contributed by atoms with Gasteiger partial charge in [0.2, 0.25) is 0 Å². The Labute approximate surface area is 136 Å². The lowest BCUT2D eigenvalue weighted by atomic mass is 10.00. The molecule has 0 N–H and O–H groups in total. The molecule has 0 spiro atoms. The van der Waals surface area contributed by atoms with Crippen molar-refractivity contribution in [2.75, 3.05) is 0 Å². The van der Waals surface area contributed by atoms with Gasteiger partial charge in [-0.3, -0.25) is 4.98 Å². The van der Waals surface area contributed by atoms with Gasteiger partial charge in [0, 0.05) is 18.2 Å². The van der Waals surface area contributed by atoms with Crippen LogP contribution in [0.25, 0.3) is 5.70 Å². The molecule has 0 fully saturated rings. The molecule has 1 unspecified atom stereocenters. The first-order valence-corrected chi connectivity index (χ1v) is 7.23. The van der Waals surface area contributed by atoms with E-state index in [1.807, 2.05) is 0 Å². The van der Waals surface area contributed by atoms with Gasteiger partial charge in [-0.05, 0) is 32.9 Å². The van der Waals surface area contributed by atoms with Crippen molar-refractivity contribution >= 4 is 11.4 Å². The fourth-order valence-electron chi connectivity index (χ4n) is 2.29. The summed E-state index contributed by atoms with van der Waals surface area (Å²) in [6.45, 7) is 4.61. The van der Waals surface area contributed by atoms with Crippen molar-refractivity contribution < 1.29 is 26.7 Å². The number of hydrogen-bond acceptors (Lipinski definition) is 3. The zero-order valence-electron chi connectivity index (χ0n) is 13.4. The van der Waals surface area contributed by atoms with Crippen LogP contribution < -0.4 is 0 Å². The molecule has 0 amide bonds. The molecule has 0 bridgehead atoms. The lowest BCUT2D eigenvalue weighted by Gasteiger charge is -2.35. The number of hydrogen-bond donors (Lipinski definition) is 0. The Bertz CT molecular complexity index is 667. The second-order valence-corrected chi connectivity index (χ2v) is 6.30. The number of rotatable bonds is 4. The highest BCUT2D eigenvalue weighted by Gasteiger charge is 2.46. The summed E-state index contributed by atoms with van der Waals surface area (Å²) in [6.07, 6.45) is -4.11. The molecule has 1 aliphatic rings. The number of alkyl halides is 5. The van der Waals surface area contributed by atoms with Crippen LogP contribution in [0.15, 0.2) is 29.4 Å². The van der Waals surface area contributed by atoms with E-state index >= 15 is 0 Å². The van der Waals surface area contributed by atoms with Crippen molar-refractivity contribution in [3.8, 4) is 0 Å². The van der Waals surface area contributed by atoms with Gasteiger partial charge in [0.1, 0.15) is 11.4 Å². The predicted molar refractivity (Wildman–Crippen MR) is 79.9 cm³/mol. The zero-order valence-corrected chi connectivity index (χ0v) is 13.4. The standard InChI is InChI=1S/C16H17F5N2O/c1-15(2,3)24-16(21)6-4-10(23-12(16)14(19)20)9-5-7-22-11(8-9)13(17)18/h4-5,7-8,13-14H,6H2,1-3H3. The van der Waals surface area contributed by atoms with E-state index in [-0.39, 0.29) is 11.3 Å². The maximum absolute atomic E-state index is 14.9. The lowest BCUT2D eigenvalue weighted by molar-refractivity contribution is -0.165. The fourth-order valence-corrected chi connectivity index (χ4v) is 2.29. The summed E-state index contributed by atoms with van der Waals surface area (Å²) in [5.74, 6) is -2.74. The first-order valence-electron chi connectivity index (χ1n) is 7.23. The van der Waals surface area contributed by atoms with Crippen LogP contribution in [-0.4, -0.2) is 28.6 Å². The van der Waals surface area contributed by atoms with Crippen molar-refractivity contribution in [3.63, 3.8) is 0 Å². The predicted octanol–water partition coefficient (Wildman–Crippen LogP) is 4.95. The Morgan fingerprint density at radius 1 is 1.17 bits per heavy atom. The molecule has 0 radical (unpaired) electrons. The number of aliphatic imine (C=N–C) groups is 1. The van der Waals surface area contributed by atoms with Gasteiger partial charge in [0.05, 0.1) is 11.3 Å². The molecule has 1 aromatic heterocycles. The van der Waals surface area contributed by atoms with Crippen molar-refractivity contribution in [2.24, 2.45) is 4.99 Å². The van der Waals surface area contributed by atoms with Crippen LogP contribution in [0.5, 0.6) is 0 Å². The molecule has 3 nitrogen and oxygen atoms in total. The van der Waals surface area contributed by atoms with Crippen LogP contribution in [-0.2, 0) is 4.74 Å². The van der Waals surface area contributed by atoms with Crippen molar-refractivity contribution in [1.82, 2.24) is 4.98 Å². The van der Waals surface area contributed by atoms with Gasteiger partial charge >= 0.3 is 0 Å². The highest BCUT2D eigenvalue weighted by Crippen LogP contribution is 2.36. The Hall–Kier alpha value is -1.83. The van der Waals surface area contributed by atoms with Gasteiger partial charge < -0.3 is 4.74 Å². The maximum atomic E-state index is 14.9. The largest absolute Gasteiger partial charge is 0.335 e. The molecule has 2 heterocycles. The summed E-state index contributed by atoms with van der Waals surface area (Å²) in [6, 6.07) is 2.39. The molecule has 132 valence electrons. The molecule has 24 heavy (non-hydrogen) atoms. The van der Waals surface area contributed by atoms with Gasteiger partial charge in [-0.1, -0.05) is 6.08 Å². The Morgan fingerprint density at radius 2 is 1.83 bits per heavy atom. The molecular formula is C16H17F5N2O. The highest BCUT2D eigenvalue weighted by atomic mass is 19.3. The molecule has 0 aromatic carbocycles. The van der Waals surface area contributed by atoms with E-state index < -0.39 is 42.1 Å². The minimum absolute atomic E-state index is 0.0135. The average molecular weight is 348 g/mol. The molecule has 0 aliphatic carbocycles. The van der Waals surface area contributed by atoms with Gasteiger partial charge in [-0.2, -0.15) is 0 Å². The number of aromatic nitrogens is 1. The SMILES string of the molecule is CC(C)(C)OC1(F)CC=C(c2ccnc(C(F)F)c2)N=C1C(F)F. The van der Waals surface area contributed by atoms with Crippen molar-refractivity contribution in [2.45, 2.75) is 51.5 Å². The van der Waals surface area contributed by atoms with Crippen molar-refractivity contribution in [3.05, 3.63) is 35.7 Å². The minimum atomic E-state index is -3.18. The average Bonchev–Trinajstić information content (AvgIpc) is 2.45. The van der Waals surface area contributed by atoms with Crippen LogP contribution in [0.4, 0.5) is 22.0 Å². The van der Waals surface area contributed by atoms with Crippen LogP contribution in [0.1, 0.15) is 44.9 Å². The van der Waals surface area contributed by atoms with Crippen LogP contribution in [0, 0.1) is 0 Å². The fraction of sp³-hybridized carbons (Fsp3) is 0.500. The first-order chi connectivity index (χ1) is 11.0. The number of nitrogens with zero attached hydrogens (tertiary/aromatic N) is 2. The maximum Gasteiger partial charge on any atom is 0.282 e. The number of pyridine rings is 1. The van der Waals surface area contributed by atoms with E-state index in [1.54, 1.807) is 0 Å². The third-order valence-corrected chi connectivity index (χ3v) is 3.16. The lowest BCUT2D eigenvalue weighted by Crippen LogP contribution is -2.46. The molecule has 2 rings (SSSR count). The summed E-state index contributed by atoms with van der Waals surface area (Å²) in [7, 11) is 0. The van der Waals surface area contributed by atoms with E-state index in [1.165, 1.54) is 32.9 Å². The summed E-state index contributed by atoms with van der Waals surface area (Å²) in [5.41, 5.74) is -2.43. The molecule has 0 saturated carbocycles. The Morgan fingerprint density at radius 3 is 2.38 bits per heavy atom. The molecule has 1 aromatic rings. The van der Waals surface area contributed by atoms with E-state index in [0.717, 1.165) is 12.3 Å². The van der Waals surface area contributed by atoms with E-state index in [2.05, 4.69) is 9.98 Å². The van der Waals surface area contributed by atoms with Crippen LogP contribution in [0.2, 0.25) is 0 Å². The van der Waals surface area contributed by atoms with Gasteiger partial charge in [-0.25, -0.2) is 26.9 Å². The number of halogens is 5. The molecule has 0 saturated heterocycles. The van der Waals surface area contributed by atoms with Crippen LogP contribution in [0.3, 0.4) is 0 Å². The minimum Gasteiger partial charge on any atom is -0.335 e. The molecule has 1 aliphatic heterocycles. The first kappa shape index (κ1) is 18.5. The van der Waals surface area contributed by atoms with Gasteiger partial charge in [0.25, 0.3) is 18.7 Å². The quantitative estimate of drug-likeness (QED) is 0.722. The molecule has 8 heteroatoms. The second-order valence-electron chi connectivity index (χ2n) is 6.30. The Kier molecular flexibility index (Phi) is 5.08. The van der Waals surface area contributed by atoms with Crippen LogP contribution >= 0.6 is 0 Å². The smallest absolute Gasteiger partial charge is 0.282 e. The third kappa shape index (κ3) is 4.17. The topological polar surface area (TPSA) is 34.5 Å². The monoisotopic (exact) mass is 348 g/mol. The van der Waals surface area contributed by atoms with Gasteiger partial charge in [-0.15, -0.1) is 0 Å². The number of ether oxygens (including phenoxy) is 1. The normalized spacial score (nSPS) is 21.9. The Balaban J connectivity index is 2.39. The summed E-state index contributed by atoms with van der Waals surface area (Å²) < 4.78 is 72.0. The third-order valence-electron chi connectivity index (χ3n) is 3.16. The van der Waals surface area contributed by atoms with Gasteiger partial charge in [0.15, 0.2) is 0 Å². The second kappa shape index (κ2) is 6.58. The van der Waals surface area contributed by atoms with E-state index in [0.29, 0.717) is 0 Å².